The van der Waals surface area contributed by atoms with Gasteiger partial charge >= 0.3 is 5.97 Å². The number of ketones is 1. The first-order valence-electron chi connectivity index (χ1n) is 11.1. The maximum Gasteiger partial charge on any atom is 0.374 e. The maximum atomic E-state index is 13.5. The molecule has 1 aliphatic rings. The van der Waals surface area contributed by atoms with Gasteiger partial charge in [0.05, 0.1) is 5.25 Å². The van der Waals surface area contributed by atoms with Gasteiger partial charge < -0.3 is 15.3 Å². The van der Waals surface area contributed by atoms with Crippen LogP contribution in [-0.4, -0.2) is 50.9 Å². The molecule has 3 atom stereocenters. The lowest BCUT2D eigenvalue weighted by Gasteiger charge is -2.35. The van der Waals surface area contributed by atoms with Crippen LogP contribution in [0.5, 0.6) is 0 Å². The highest BCUT2D eigenvalue weighted by atomic mass is 32.2. The molecule has 0 aromatic heterocycles. The Morgan fingerprint density at radius 2 is 1.53 bits per heavy atom. The Kier molecular flexibility index (Phi) is 8.65. The Morgan fingerprint density at radius 1 is 0.971 bits per heavy atom. The van der Waals surface area contributed by atoms with E-state index >= 15 is 0 Å². The van der Waals surface area contributed by atoms with Gasteiger partial charge in [-0.15, -0.1) is 11.8 Å². The molecule has 178 valence electrons. The third kappa shape index (κ3) is 6.35. The molecule has 1 aliphatic heterocycles. The molecule has 2 N–H and O–H groups in total. The van der Waals surface area contributed by atoms with E-state index in [2.05, 4.69) is 5.32 Å². The van der Waals surface area contributed by atoms with Crippen LogP contribution in [-0.2, 0) is 32.0 Å². The molecule has 34 heavy (non-hydrogen) atoms. The highest BCUT2D eigenvalue weighted by Gasteiger charge is 2.38. The number of aliphatic carboxylic acids is 1. The van der Waals surface area contributed by atoms with Crippen molar-refractivity contribution in [2.45, 2.75) is 44.0 Å². The first-order chi connectivity index (χ1) is 16.3. The van der Waals surface area contributed by atoms with Crippen molar-refractivity contribution in [3.63, 3.8) is 0 Å². The van der Waals surface area contributed by atoms with Gasteiger partial charge in [0, 0.05) is 19.0 Å². The van der Waals surface area contributed by atoms with E-state index in [0.717, 1.165) is 5.56 Å². The summed E-state index contributed by atoms with van der Waals surface area (Å²) < 4.78 is 0. The number of carboxylic acid groups (broad SMARTS) is 1. The minimum absolute atomic E-state index is 0.0318. The van der Waals surface area contributed by atoms with Gasteiger partial charge in [0.25, 0.3) is 5.78 Å². The molecule has 3 rings (SSSR count). The molecule has 1 unspecified atom stereocenters. The van der Waals surface area contributed by atoms with Crippen LogP contribution in [0.2, 0.25) is 0 Å². The third-order valence-corrected chi connectivity index (χ3v) is 6.90. The number of thioether (sulfide) groups is 1. The van der Waals surface area contributed by atoms with Crippen LogP contribution in [0.4, 0.5) is 0 Å². The van der Waals surface area contributed by atoms with Crippen LogP contribution in [0.1, 0.15) is 25.0 Å². The number of nitrogens with one attached hydrogen (secondary N) is 1. The number of hydrogen-bond donors (Lipinski definition) is 2. The van der Waals surface area contributed by atoms with Crippen molar-refractivity contribution in [1.29, 1.82) is 0 Å². The van der Waals surface area contributed by atoms with Crippen LogP contribution in [0.25, 0.3) is 0 Å². The maximum absolute atomic E-state index is 13.5. The number of carbonyl (C=O) groups is 4. The van der Waals surface area contributed by atoms with E-state index in [4.69, 9.17) is 0 Å². The lowest BCUT2D eigenvalue weighted by Crippen LogP contribution is -2.56. The van der Waals surface area contributed by atoms with Crippen molar-refractivity contribution in [3.8, 4) is 0 Å². The van der Waals surface area contributed by atoms with Crippen LogP contribution < -0.4 is 5.32 Å². The SMILES string of the molecule is CC(C)[C@@H]1SC=CN(C(Cc2ccccc2)C(=O)N[C@@H](Cc2ccccc2)C(=O)C(=O)O)C1=O. The van der Waals surface area contributed by atoms with Crippen molar-refractivity contribution in [2.24, 2.45) is 5.92 Å². The van der Waals surface area contributed by atoms with Gasteiger partial charge in [0.2, 0.25) is 11.8 Å². The molecule has 0 fully saturated rings. The van der Waals surface area contributed by atoms with Crippen molar-refractivity contribution < 1.29 is 24.3 Å². The first-order valence-corrected chi connectivity index (χ1v) is 12.0. The summed E-state index contributed by atoms with van der Waals surface area (Å²) in [7, 11) is 0. The number of amides is 2. The summed E-state index contributed by atoms with van der Waals surface area (Å²) in [6, 6.07) is 16.0. The molecular formula is C26H28N2O5S. The van der Waals surface area contributed by atoms with Crippen molar-refractivity contribution in [3.05, 3.63) is 83.4 Å². The van der Waals surface area contributed by atoms with Gasteiger partial charge in [-0.2, -0.15) is 0 Å². The molecule has 1 heterocycles. The summed E-state index contributed by atoms with van der Waals surface area (Å²) >= 11 is 1.41. The summed E-state index contributed by atoms with van der Waals surface area (Å²) in [6.45, 7) is 3.89. The molecule has 0 spiro atoms. The standard InChI is InChI=1S/C26H28N2O5S/c1-17(2)23-25(31)28(13-14-34-23)21(16-19-11-7-4-8-12-19)24(30)27-20(22(29)26(32)33)15-18-9-5-3-6-10-18/h3-14,17,20-21,23H,15-16H2,1-2H3,(H,27,30)(H,32,33)/t20-,21?,23-/m0/s1. The predicted octanol–water partition coefficient (Wildman–Crippen LogP) is 3.05. The second-order valence-electron chi connectivity index (χ2n) is 8.46. The quantitative estimate of drug-likeness (QED) is 0.507. The lowest BCUT2D eigenvalue weighted by molar-refractivity contribution is -0.150. The highest BCUT2D eigenvalue weighted by molar-refractivity contribution is 8.03. The van der Waals surface area contributed by atoms with E-state index < -0.39 is 29.7 Å². The molecule has 7 nitrogen and oxygen atoms in total. The summed E-state index contributed by atoms with van der Waals surface area (Å²) in [6.07, 6.45) is 1.84. The van der Waals surface area contributed by atoms with E-state index in [0.29, 0.717) is 5.56 Å². The van der Waals surface area contributed by atoms with Crippen LogP contribution in [0.3, 0.4) is 0 Å². The number of benzene rings is 2. The fourth-order valence-corrected chi connectivity index (χ4v) is 4.72. The molecule has 0 saturated heterocycles. The molecule has 2 aromatic rings. The summed E-state index contributed by atoms with van der Waals surface area (Å²) in [5.74, 6) is -3.43. The summed E-state index contributed by atoms with van der Waals surface area (Å²) in [5, 5.41) is 13.4. The second kappa shape index (κ2) is 11.7. The zero-order chi connectivity index (χ0) is 24.7. The molecule has 8 heteroatoms. The number of rotatable bonds is 10. The van der Waals surface area contributed by atoms with Gasteiger partial charge in [0.15, 0.2) is 0 Å². The number of carbonyl (C=O) groups excluding carboxylic acids is 3. The minimum Gasteiger partial charge on any atom is -0.475 e. The molecule has 2 aromatic carbocycles. The fourth-order valence-electron chi connectivity index (χ4n) is 3.79. The van der Waals surface area contributed by atoms with E-state index in [9.17, 15) is 24.3 Å². The van der Waals surface area contributed by atoms with E-state index in [1.807, 2.05) is 50.2 Å². The van der Waals surface area contributed by atoms with Crippen molar-refractivity contribution in [1.82, 2.24) is 10.2 Å². The van der Waals surface area contributed by atoms with Gasteiger partial charge in [0.1, 0.15) is 12.1 Å². The number of hydrogen-bond acceptors (Lipinski definition) is 5. The molecule has 0 aliphatic carbocycles. The van der Waals surface area contributed by atoms with Gasteiger partial charge in [-0.05, 0) is 22.5 Å². The highest BCUT2D eigenvalue weighted by Crippen LogP contribution is 2.29. The van der Waals surface area contributed by atoms with Crippen LogP contribution in [0, 0.1) is 5.92 Å². The Hall–Kier alpha value is -3.39. The fraction of sp³-hybridized carbons (Fsp3) is 0.308. The molecule has 0 bridgehead atoms. The monoisotopic (exact) mass is 480 g/mol. The largest absolute Gasteiger partial charge is 0.475 e. The van der Waals surface area contributed by atoms with Gasteiger partial charge in [-0.25, -0.2) is 4.79 Å². The average Bonchev–Trinajstić information content (AvgIpc) is 2.83. The Bertz CT molecular complexity index is 1060. The summed E-state index contributed by atoms with van der Waals surface area (Å²) in [5.41, 5.74) is 1.56. The molecule has 0 saturated carbocycles. The Balaban J connectivity index is 1.90. The molecule has 0 radical (unpaired) electrons. The predicted molar refractivity (Wildman–Crippen MR) is 131 cm³/mol. The molecule has 2 amide bonds. The Morgan fingerprint density at radius 3 is 2.06 bits per heavy atom. The number of nitrogens with zero attached hydrogens (tertiary/aromatic N) is 1. The zero-order valence-electron chi connectivity index (χ0n) is 19.1. The van der Waals surface area contributed by atoms with E-state index in [1.54, 1.807) is 35.9 Å². The number of carboxylic acids is 1. The topological polar surface area (TPSA) is 104 Å². The van der Waals surface area contributed by atoms with E-state index in [1.165, 1.54) is 16.7 Å². The van der Waals surface area contributed by atoms with Crippen molar-refractivity contribution in [2.75, 3.05) is 0 Å². The van der Waals surface area contributed by atoms with E-state index in [-0.39, 0.29) is 29.9 Å². The zero-order valence-corrected chi connectivity index (χ0v) is 19.9. The van der Waals surface area contributed by atoms with Crippen LogP contribution in [0.15, 0.2) is 72.3 Å². The summed E-state index contributed by atoms with van der Waals surface area (Å²) in [4.78, 5) is 52.1. The third-order valence-electron chi connectivity index (χ3n) is 5.59. The molecular weight excluding hydrogens is 452 g/mol. The second-order valence-corrected chi connectivity index (χ2v) is 9.51. The number of Topliss-reactive ketones (excluding diaryl/α,β-unsaturated/α-hetero) is 1. The average molecular weight is 481 g/mol. The first kappa shape index (κ1) is 25.2. The van der Waals surface area contributed by atoms with Crippen LogP contribution >= 0.6 is 11.8 Å². The van der Waals surface area contributed by atoms with Gasteiger partial charge in [-0.1, -0.05) is 74.5 Å². The lowest BCUT2D eigenvalue weighted by atomic mass is 9.99. The van der Waals surface area contributed by atoms with Crippen molar-refractivity contribution >= 4 is 35.3 Å². The normalized spacial score (nSPS) is 17.3. The Labute approximate surface area is 203 Å². The minimum atomic E-state index is -1.62. The van der Waals surface area contributed by atoms with Gasteiger partial charge in [-0.3, -0.25) is 14.4 Å². The smallest absolute Gasteiger partial charge is 0.374 e.